The Morgan fingerprint density at radius 2 is 1.72 bits per heavy atom. The zero-order valence-electron chi connectivity index (χ0n) is 16.2. The second-order valence-electron chi connectivity index (χ2n) is 6.88. The molecule has 0 aliphatic carbocycles. The van der Waals surface area contributed by atoms with Crippen LogP contribution in [0.1, 0.15) is 22.8 Å². The quantitative estimate of drug-likeness (QED) is 0.824. The number of carbonyl (C=O) groups excluding carboxylic acids is 2. The van der Waals surface area contributed by atoms with Crippen molar-refractivity contribution < 1.29 is 22.4 Å². The maximum Gasteiger partial charge on any atom is 0.255 e. The third-order valence-electron chi connectivity index (χ3n) is 4.79. The summed E-state index contributed by atoms with van der Waals surface area (Å²) in [6.45, 7) is 4.24. The van der Waals surface area contributed by atoms with Gasteiger partial charge in [0.1, 0.15) is 5.82 Å². The number of benzene rings is 2. The summed E-state index contributed by atoms with van der Waals surface area (Å²) in [6, 6.07) is 9.97. The topological polar surface area (TPSA) is 86.8 Å². The van der Waals surface area contributed by atoms with Crippen LogP contribution in [-0.2, 0) is 14.8 Å². The molecular weight excluding hydrogens is 397 g/mol. The number of carbonyl (C=O) groups is 2. The summed E-state index contributed by atoms with van der Waals surface area (Å²) in [5, 5.41) is 2.48. The molecule has 2 aromatic rings. The molecule has 2 amide bonds. The Labute approximate surface area is 169 Å². The summed E-state index contributed by atoms with van der Waals surface area (Å²) in [7, 11) is -3.81. The van der Waals surface area contributed by atoms with Crippen LogP contribution >= 0.6 is 0 Å². The maximum atomic E-state index is 13.9. The molecule has 2 aromatic carbocycles. The number of hydrogen-bond acceptors (Lipinski definition) is 4. The van der Waals surface area contributed by atoms with Crippen LogP contribution < -0.4 is 5.32 Å². The Morgan fingerprint density at radius 3 is 2.38 bits per heavy atom. The van der Waals surface area contributed by atoms with Crippen molar-refractivity contribution in [3.8, 4) is 0 Å². The van der Waals surface area contributed by atoms with Gasteiger partial charge in [-0.25, -0.2) is 12.8 Å². The molecule has 7 nitrogen and oxygen atoms in total. The molecule has 0 aromatic heterocycles. The first-order chi connectivity index (χ1) is 13.7. The second kappa shape index (κ2) is 8.30. The predicted molar refractivity (Wildman–Crippen MR) is 107 cm³/mol. The van der Waals surface area contributed by atoms with Gasteiger partial charge in [0, 0.05) is 38.7 Å². The van der Waals surface area contributed by atoms with Crippen LogP contribution in [0.4, 0.5) is 10.1 Å². The highest BCUT2D eigenvalue weighted by Gasteiger charge is 2.29. The van der Waals surface area contributed by atoms with E-state index in [9.17, 15) is 22.4 Å². The summed E-state index contributed by atoms with van der Waals surface area (Å²) in [6.07, 6.45) is 0. The minimum atomic E-state index is -3.81. The van der Waals surface area contributed by atoms with E-state index in [2.05, 4.69) is 5.32 Å². The van der Waals surface area contributed by atoms with Crippen molar-refractivity contribution in [2.45, 2.75) is 18.7 Å². The predicted octanol–water partition coefficient (Wildman–Crippen LogP) is 2.24. The van der Waals surface area contributed by atoms with Gasteiger partial charge in [-0.3, -0.25) is 9.59 Å². The minimum absolute atomic E-state index is 0.0221. The lowest BCUT2D eigenvalue weighted by molar-refractivity contribution is -0.129. The Balaban J connectivity index is 1.79. The van der Waals surface area contributed by atoms with Crippen LogP contribution in [0, 0.1) is 12.7 Å². The molecule has 0 saturated carbocycles. The molecule has 29 heavy (non-hydrogen) atoms. The van der Waals surface area contributed by atoms with Gasteiger partial charge in [0.15, 0.2) is 0 Å². The number of halogens is 1. The Bertz CT molecular complexity index is 1050. The van der Waals surface area contributed by atoms with E-state index in [1.54, 1.807) is 17.9 Å². The van der Waals surface area contributed by atoms with Crippen molar-refractivity contribution in [1.29, 1.82) is 0 Å². The van der Waals surface area contributed by atoms with Crippen molar-refractivity contribution in [1.82, 2.24) is 9.21 Å². The normalized spacial score (nSPS) is 15.2. The van der Waals surface area contributed by atoms with Crippen LogP contribution in [0.5, 0.6) is 0 Å². The number of rotatable bonds is 4. The molecule has 154 valence electrons. The van der Waals surface area contributed by atoms with E-state index in [-0.39, 0.29) is 35.1 Å². The molecule has 1 heterocycles. The van der Waals surface area contributed by atoms with Gasteiger partial charge in [-0.15, -0.1) is 0 Å². The fourth-order valence-electron chi connectivity index (χ4n) is 3.12. The van der Waals surface area contributed by atoms with Gasteiger partial charge in [0.2, 0.25) is 15.9 Å². The summed E-state index contributed by atoms with van der Waals surface area (Å²) in [5.41, 5.74) is 0.917. The first-order valence-corrected chi connectivity index (χ1v) is 10.6. The third-order valence-corrected chi connectivity index (χ3v) is 6.68. The van der Waals surface area contributed by atoms with Crippen molar-refractivity contribution in [2.24, 2.45) is 0 Å². The first kappa shape index (κ1) is 20.9. The number of nitrogens with one attached hydrogen (secondary N) is 1. The average Bonchev–Trinajstić information content (AvgIpc) is 2.71. The third kappa shape index (κ3) is 4.63. The van der Waals surface area contributed by atoms with Gasteiger partial charge >= 0.3 is 0 Å². The Hall–Kier alpha value is -2.78. The summed E-state index contributed by atoms with van der Waals surface area (Å²) >= 11 is 0. The van der Waals surface area contributed by atoms with Crippen molar-refractivity contribution >= 4 is 27.5 Å². The Morgan fingerprint density at radius 1 is 1.03 bits per heavy atom. The van der Waals surface area contributed by atoms with Crippen molar-refractivity contribution in [3.05, 3.63) is 59.4 Å². The van der Waals surface area contributed by atoms with Crippen molar-refractivity contribution in [3.63, 3.8) is 0 Å². The molecule has 0 atom stereocenters. The molecule has 1 aliphatic rings. The van der Waals surface area contributed by atoms with Gasteiger partial charge < -0.3 is 10.2 Å². The summed E-state index contributed by atoms with van der Waals surface area (Å²) in [4.78, 5) is 25.5. The van der Waals surface area contributed by atoms with Crippen LogP contribution in [0.15, 0.2) is 47.4 Å². The molecule has 0 radical (unpaired) electrons. The number of anilines is 1. The van der Waals surface area contributed by atoms with Gasteiger partial charge in [-0.1, -0.05) is 12.1 Å². The SMILES string of the molecule is CC(=O)N1CCN(S(=O)(=O)c2cccc(C(=O)Nc3cc(C)ccc3F)c2)CC1. The molecule has 1 fully saturated rings. The fourth-order valence-corrected chi connectivity index (χ4v) is 4.59. The molecule has 3 rings (SSSR count). The van der Waals surface area contributed by atoms with Gasteiger partial charge in [0.25, 0.3) is 5.91 Å². The molecule has 9 heteroatoms. The highest BCUT2D eigenvalue weighted by molar-refractivity contribution is 7.89. The lowest BCUT2D eigenvalue weighted by atomic mass is 10.2. The second-order valence-corrected chi connectivity index (χ2v) is 8.81. The fraction of sp³-hybridized carbons (Fsp3) is 0.300. The number of aryl methyl sites for hydroxylation is 1. The summed E-state index contributed by atoms with van der Waals surface area (Å²) < 4.78 is 41.0. The number of piperazine rings is 1. The van der Waals surface area contributed by atoms with E-state index < -0.39 is 21.7 Å². The lowest BCUT2D eigenvalue weighted by Gasteiger charge is -2.33. The largest absolute Gasteiger partial charge is 0.340 e. The van der Waals surface area contributed by atoms with Crippen LogP contribution in [0.25, 0.3) is 0 Å². The molecule has 0 spiro atoms. The molecular formula is C20H22FN3O4S. The van der Waals surface area contributed by atoms with E-state index in [0.29, 0.717) is 13.1 Å². The average molecular weight is 419 g/mol. The number of amides is 2. The molecule has 0 unspecified atom stereocenters. The zero-order chi connectivity index (χ0) is 21.2. The van der Waals surface area contributed by atoms with E-state index in [1.165, 1.54) is 47.6 Å². The van der Waals surface area contributed by atoms with Crippen LogP contribution in [0.3, 0.4) is 0 Å². The standard InChI is InChI=1S/C20H22FN3O4S/c1-14-6-7-18(21)19(12-14)22-20(26)16-4-3-5-17(13-16)29(27,28)24-10-8-23(9-11-24)15(2)25/h3-7,12-13H,8-11H2,1-2H3,(H,22,26). The summed E-state index contributed by atoms with van der Waals surface area (Å²) in [5.74, 6) is -1.27. The van der Waals surface area contributed by atoms with Crippen LogP contribution in [0.2, 0.25) is 0 Å². The smallest absolute Gasteiger partial charge is 0.255 e. The number of nitrogens with zero attached hydrogens (tertiary/aromatic N) is 2. The maximum absolute atomic E-state index is 13.9. The van der Waals surface area contributed by atoms with Crippen molar-refractivity contribution in [2.75, 3.05) is 31.5 Å². The van der Waals surface area contributed by atoms with Crippen LogP contribution in [-0.4, -0.2) is 55.6 Å². The van der Waals surface area contributed by atoms with Gasteiger partial charge in [-0.05, 0) is 42.8 Å². The van der Waals surface area contributed by atoms with E-state index in [4.69, 9.17) is 0 Å². The Kier molecular flexibility index (Phi) is 5.99. The van der Waals surface area contributed by atoms with E-state index in [1.807, 2.05) is 0 Å². The number of sulfonamides is 1. The van der Waals surface area contributed by atoms with Gasteiger partial charge in [-0.2, -0.15) is 4.31 Å². The highest BCUT2D eigenvalue weighted by Crippen LogP contribution is 2.21. The van der Waals surface area contributed by atoms with E-state index in [0.717, 1.165) is 5.56 Å². The molecule has 1 N–H and O–H groups in total. The highest BCUT2D eigenvalue weighted by atomic mass is 32.2. The molecule has 1 aliphatic heterocycles. The first-order valence-electron chi connectivity index (χ1n) is 9.12. The zero-order valence-corrected chi connectivity index (χ0v) is 17.0. The molecule has 0 bridgehead atoms. The minimum Gasteiger partial charge on any atom is -0.340 e. The number of hydrogen-bond donors (Lipinski definition) is 1. The van der Waals surface area contributed by atoms with E-state index >= 15 is 0 Å². The molecule has 1 saturated heterocycles. The lowest BCUT2D eigenvalue weighted by Crippen LogP contribution is -2.49. The monoisotopic (exact) mass is 419 g/mol. The van der Waals surface area contributed by atoms with Gasteiger partial charge in [0.05, 0.1) is 10.6 Å².